The van der Waals surface area contributed by atoms with Crippen molar-refractivity contribution in [3.05, 3.63) is 59.2 Å². The van der Waals surface area contributed by atoms with E-state index in [1.54, 1.807) is 0 Å². The fraction of sp³-hybridized carbons (Fsp3) is 0.300. The number of oxime groups is 1. The molecule has 0 spiro atoms. The van der Waals surface area contributed by atoms with Crippen molar-refractivity contribution >= 4 is 17.3 Å². The van der Waals surface area contributed by atoms with E-state index in [0.717, 1.165) is 41.1 Å². The lowest BCUT2D eigenvalue weighted by Crippen LogP contribution is -2.20. The molecule has 1 unspecified atom stereocenters. The molecule has 0 fully saturated rings. The highest BCUT2D eigenvalue weighted by Gasteiger charge is 2.23. The van der Waals surface area contributed by atoms with E-state index in [4.69, 9.17) is 9.57 Å². The van der Waals surface area contributed by atoms with E-state index in [1.807, 2.05) is 18.2 Å². The van der Waals surface area contributed by atoms with Crippen molar-refractivity contribution in [2.45, 2.75) is 32.3 Å². The van der Waals surface area contributed by atoms with Crippen LogP contribution in [0.15, 0.2) is 47.6 Å². The van der Waals surface area contributed by atoms with Gasteiger partial charge in [-0.15, -0.1) is 0 Å². The molecule has 4 rings (SSSR count). The van der Waals surface area contributed by atoms with Crippen molar-refractivity contribution in [2.24, 2.45) is 5.16 Å². The summed E-state index contributed by atoms with van der Waals surface area (Å²) in [6.45, 7) is 2.52. The summed E-state index contributed by atoms with van der Waals surface area (Å²) in [7, 11) is 0. The number of aryl methyl sites for hydroxylation is 2. The second kappa shape index (κ2) is 6.59. The monoisotopic (exact) mass is 336 g/mol. The maximum absolute atomic E-state index is 11.4. The molecule has 2 aromatic carbocycles. The Bertz CT molecular complexity index is 827. The van der Waals surface area contributed by atoms with Gasteiger partial charge in [0.1, 0.15) is 12.4 Å². The van der Waals surface area contributed by atoms with E-state index in [0.29, 0.717) is 13.0 Å². The fourth-order valence-electron chi connectivity index (χ4n) is 3.07. The van der Waals surface area contributed by atoms with Crippen molar-refractivity contribution in [2.75, 3.05) is 11.9 Å². The Morgan fingerprint density at radius 1 is 1.20 bits per heavy atom. The average molecular weight is 336 g/mol. The van der Waals surface area contributed by atoms with Crippen LogP contribution in [0.25, 0.3) is 0 Å². The Morgan fingerprint density at radius 3 is 2.88 bits per heavy atom. The lowest BCUT2D eigenvalue weighted by atomic mass is 10.0. The number of nitrogens with one attached hydrogen (secondary N) is 1. The predicted octanol–water partition coefficient (Wildman–Crippen LogP) is 3.45. The Labute approximate surface area is 146 Å². The molecule has 5 nitrogen and oxygen atoms in total. The minimum absolute atomic E-state index is 0.0707. The van der Waals surface area contributed by atoms with Gasteiger partial charge in [0.25, 0.3) is 0 Å². The molecule has 0 saturated heterocycles. The lowest BCUT2D eigenvalue weighted by molar-refractivity contribution is -0.116. The van der Waals surface area contributed by atoms with E-state index in [-0.39, 0.29) is 12.0 Å². The van der Waals surface area contributed by atoms with Gasteiger partial charge in [-0.3, -0.25) is 4.79 Å². The highest BCUT2D eigenvalue weighted by molar-refractivity contribution is 6.01. The third-order valence-electron chi connectivity index (χ3n) is 4.53. The number of nitrogens with zero attached hydrogens (tertiary/aromatic N) is 1. The van der Waals surface area contributed by atoms with Gasteiger partial charge in [-0.25, -0.2) is 0 Å². The van der Waals surface area contributed by atoms with Crippen LogP contribution in [-0.2, 0) is 16.1 Å². The maximum atomic E-state index is 11.4. The number of carbonyl (C=O) groups is 1. The van der Waals surface area contributed by atoms with Crippen molar-refractivity contribution in [1.29, 1.82) is 0 Å². The van der Waals surface area contributed by atoms with Crippen LogP contribution in [0.1, 0.15) is 29.5 Å². The zero-order valence-corrected chi connectivity index (χ0v) is 14.1. The predicted molar refractivity (Wildman–Crippen MR) is 96.1 cm³/mol. The molecule has 5 heteroatoms. The third kappa shape index (κ3) is 3.50. The topological polar surface area (TPSA) is 59.9 Å². The van der Waals surface area contributed by atoms with Gasteiger partial charge in [0.2, 0.25) is 5.91 Å². The summed E-state index contributed by atoms with van der Waals surface area (Å²) < 4.78 is 5.88. The van der Waals surface area contributed by atoms with Gasteiger partial charge in [0.05, 0.1) is 5.71 Å². The van der Waals surface area contributed by atoms with Gasteiger partial charge in [0, 0.05) is 18.5 Å². The van der Waals surface area contributed by atoms with E-state index >= 15 is 0 Å². The van der Waals surface area contributed by atoms with E-state index in [1.165, 1.54) is 5.56 Å². The minimum atomic E-state index is -0.0768. The molecule has 128 valence electrons. The second-order valence-corrected chi connectivity index (χ2v) is 6.51. The van der Waals surface area contributed by atoms with Crippen LogP contribution in [-0.4, -0.2) is 24.3 Å². The molecule has 1 N–H and O–H groups in total. The van der Waals surface area contributed by atoms with Crippen molar-refractivity contribution < 1.29 is 14.4 Å². The minimum Gasteiger partial charge on any atom is -0.490 e. The molecule has 2 heterocycles. The van der Waals surface area contributed by atoms with Crippen LogP contribution in [0.4, 0.5) is 5.69 Å². The summed E-state index contributed by atoms with van der Waals surface area (Å²) in [5.41, 5.74) is 5.28. The zero-order chi connectivity index (χ0) is 17.2. The molecule has 0 aliphatic carbocycles. The number of rotatable bonds is 4. The zero-order valence-electron chi connectivity index (χ0n) is 14.1. The van der Waals surface area contributed by atoms with Gasteiger partial charge >= 0.3 is 0 Å². The Kier molecular flexibility index (Phi) is 4.14. The first-order valence-electron chi connectivity index (χ1n) is 8.53. The van der Waals surface area contributed by atoms with Gasteiger partial charge in [0.15, 0.2) is 6.10 Å². The van der Waals surface area contributed by atoms with Gasteiger partial charge in [-0.1, -0.05) is 35.0 Å². The number of hydrogen-bond acceptors (Lipinski definition) is 4. The van der Waals surface area contributed by atoms with E-state index in [9.17, 15) is 4.79 Å². The molecule has 2 aliphatic rings. The van der Waals surface area contributed by atoms with Gasteiger partial charge in [-0.05, 0) is 42.7 Å². The standard InChI is InChI=1S/C20H20N2O3/c1-13-2-4-14(5-3-13)19-11-17(25-22-19)12-24-16-7-8-18-15(10-16)6-9-20(23)21-18/h2-5,7-8,10,17H,6,9,11-12H2,1H3,(H,21,23). The molecule has 25 heavy (non-hydrogen) atoms. The Morgan fingerprint density at radius 2 is 2.04 bits per heavy atom. The van der Waals surface area contributed by atoms with Crippen molar-refractivity contribution in [3.8, 4) is 5.75 Å². The van der Waals surface area contributed by atoms with Crippen LogP contribution in [0.3, 0.4) is 0 Å². The van der Waals surface area contributed by atoms with Crippen LogP contribution in [0.5, 0.6) is 5.75 Å². The van der Waals surface area contributed by atoms with Crippen LogP contribution in [0.2, 0.25) is 0 Å². The van der Waals surface area contributed by atoms with Crippen LogP contribution in [0, 0.1) is 6.92 Å². The normalized spacial score (nSPS) is 18.8. The molecular weight excluding hydrogens is 316 g/mol. The van der Waals surface area contributed by atoms with Crippen molar-refractivity contribution in [3.63, 3.8) is 0 Å². The maximum Gasteiger partial charge on any atom is 0.224 e. The van der Waals surface area contributed by atoms with Crippen molar-refractivity contribution in [1.82, 2.24) is 0 Å². The largest absolute Gasteiger partial charge is 0.490 e. The molecule has 0 saturated carbocycles. The Balaban J connectivity index is 1.34. The molecular formula is C20H20N2O3. The van der Waals surface area contributed by atoms with Gasteiger partial charge < -0.3 is 14.9 Å². The fourth-order valence-corrected chi connectivity index (χ4v) is 3.07. The summed E-state index contributed by atoms with van der Waals surface area (Å²) in [4.78, 5) is 16.9. The molecule has 1 atom stereocenters. The smallest absolute Gasteiger partial charge is 0.224 e. The summed E-state index contributed by atoms with van der Waals surface area (Å²) in [6, 6.07) is 14.1. The number of fused-ring (bicyclic) bond motifs is 1. The van der Waals surface area contributed by atoms with E-state index < -0.39 is 0 Å². The summed E-state index contributed by atoms with van der Waals surface area (Å²) >= 11 is 0. The van der Waals surface area contributed by atoms with E-state index in [2.05, 4.69) is 41.7 Å². The number of benzene rings is 2. The molecule has 0 bridgehead atoms. The number of ether oxygens (including phenoxy) is 1. The highest BCUT2D eigenvalue weighted by Crippen LogP contribution is 2.27. The van der Waals surface area contributed by atoms with Crippen LogP contribution >= 0.6 is 0 Å². The molecule has 0 radical (unpaired) electrons. The first-order valence-corrected chi connectivity index (χ1v) is 8.53. The third-order valence-corrected chi connectivity index (χ3v) is 4.53. The molecule has 2 aliphatic heterocycles. The lowest BCUT2D eigenvalue weighted by Gasteiger charge is -2.18. The number of amides is 1. The summed E-state index contributed by atoms with van der Waals surface area (Å²) in [5, 5.41) is 7.07. The molecule has 1 amide bonds. The van der Waals surface area contributed by atoms with Gasteiger partial charge in [-0.2, -0.15) is 0 Å². The quantitative estimate of drug-likeness (QED) is 0.930. The molecule has 2 aromatic rings. The number of hydrogen-bond donors (Lipinski definition) is 1. The Hall–Kier alpha value is -2.82. The number of anilines is 1. The van der Waals surface area contributed by atoms with Crippen LogP contribution < -0.4 is 10.1 Å². The average Bonchev–Trinajstić information content (AvgIpc) is 3.09. The first-order chi connectivity index (χ1) is 12.2. The SMILES string of the molecule is Cc1ccc(C2=NOC(COc3ccc4c(c3)CCC(=O)N4)C2)cc1. The highest BCUT2D eigenvalue weighted by atomic mass is 16.7. The molecule has 0 aromatic heterocycles. The summed E-state index contributed by atoms with van der Waals surface area (Å²) in [5.74, 6) is 0.864. The summed E-state index contributed by atoms with van der Waals surface area (Å²) in [6.07, 6.45) is 1.94. The second-order valence-electron chi connectivity index (χ2n) is 6.51. The first kappa shape index (κ1) is 15.7. The number of carbonyl (C=O) groups excluding carboxylic acids is 1.